The van der Waals surface area contributed by atoms with Gasteiger partial charge in [-0.1, -0.05) is 24.3 Å². The van der Waals surface area contributed by atoms with Crippen LogP contribution in [0.25, 0.3) is 0 Å². The predicted octanol–water partition coefficient (Wildman–Crippen LogP) is 1.58. The van der Waals surface area contributed by atoms with E-state index in [0.717, 1.165) is 23.3 Å². The molecule has 1 fully saturated rings. The van der Waals surface area contributed by atoms with Crippen molar-refractivity contribution in [1.82, 2.24) is 10.2 Å². The van der Waals surface area contributed by atoms with Crippen LogP contribution in [0.3, 0.4) is 0 Å². The summed E-state index contributed by atoms with van der Waals surface area (Å²) in [6.45, 7) is 2.62. The minimum atomic E-state index is -0.650. The van der Waals surface area contributed by atoms with Gasteiger partial charge >= 0.3 is 0 Å². The number of carbonyl (C=O) groups excluding carboxylic acids is 1. The van der Waals surface area contributed by atoms with Gasteiger partial charge in [-0.15, -0.1) is 0 Å². The molecule has 2 atom stereocenters. The molecular formula is C16H24N2O2S. The Hall–Kier alpha value is -1.04. The van der Waals surface area contributed by atoms with Gasteiger partial charge in [0.15, 0.2) is 0 Å². The number of amides is 1. The molecular weight excluding hydrogens is 284 g/mol. The molecule has 21 heavy (non-hydrogen) atoms. The van der Waals surface area contributed by atoms with Crippen LogP contribution >= 0.6 is 11.8 Å². The Morgan fingerprint density at radius 2 is 2.29 bits per heavy atom. The van der Waals surface area contributed by atoms with Crippen LogP contribution in [0.15, 0.2) is 24.3 Å². The predicted molar refractivity (Wildman–Crippen MR) is 87.5 cm³/mol. The summed E-state index contributed by atoms with van der Waals surface area (Å²) >= 11 is 1.94. The van der Waals surface area contributed by atoms with Crippen LogP contribution in [0.4, 0.5) is 0 Å². The Morgan fingerprint density at radius 1 is 1.52 bits per heavy atom. The van der Waals surface area contributed by atoms with Crippen molar-refractivity contribution in [3.8, 4) is 0 Å². The Labute approximate surface area is 130 Å². The molecule has 1 aromatic rings. The number of aryl methyl sites for hydroxylation is 1. The van der Waals surface area contributed by atoms with Gasteiger partial charge in [0.05, 0.1) is 12.6 Å². The lowest BCUT2D eigenvalue weighted by Crippen LogP contribution is -2.41. The van der Waals surface area contributed by atoms with Crippen molar-refractivity contribution in [3.63, 3.8) is 0 Å². The second-order valence-corrected chi connectivity index (χ2v) is 6.76. The van der Waals surface area contributed by atoms with Gasteiger partial charge in [-0.25, -0.2) is 0 Å². The fraction of sp³-hybridized carbons (Fsp3) is 0.562. The molecule has 116 valence electrons. The number of rotatable bonds is 6. The van der Waals surface area contributed by atoms with Crippen molar-refractivity contribution in [3.05, 3.63) is 35.4 Å². The van der Waals surface area contributed by atoms with Gasteiger partial charge in [-0.3, -0.25) is 9.69 Å². The third-order valence-electron chi connectivity index (χ3n) is 3.96. The van der Waals surface area contributed by atoms with Crippen LogP contribution in [-0.4, -0.2) is 53.6 Å². The number of thioether (sulfide) groups is 1. The number of carbonyl (C=O) groups is 1. The Morgan fingerprint density at radius 3 is 2.95 bits per heavy atom. The van der Waals surface area contributed by atoms with Gasteiger partial charge < -0.3 is 10.4 Å². The largest absolute Gasteiger partial charge is 0.387 e. The molecule has 1 aliphatic heterocycles. The van der Waals surface area contributed by atoms with Crippen LogP contribution in [-0.2, 0) is 4.79 Å². The highest BCUT2D eigenvalue weighted by atomic mass is 32.2. The summed E-state index contributed by atoms with van der Waals surface area (Å²) in [5.41, 5.74) is 1.91. The maximum absolute atomic E-state index is 12.0. The van der Waals surface area contributed by atoms with E-state index in [1.807, 2.05) is 50.0 Å². The van der Waals surface area contributed by atoms with E-state index >= 15 is 0 Å². The minimum absolute atomic E-state index is 0.0259. The summed E-state index contributed by atoms with van der Waals surface area (Å²) in [6.07, 6.45) is 0.503. The molecule has 0 saturated carbocycles. The van der Waals surface area contributed by atoms with Crippen molar-refractivity contribution in [2.75, 3.05) is 31.6 Å². The first kappa shape index (κ1) is 16.3. The van der Waals surface area contributed by atoms with Crippen LogP contribution < -0.4 is 5.32 Å². The molecule has 0 aliphatic carbocycles. The monoisotopic (exact) mass is 308 g/mol. The van der Waals surface area contributed by atoms with Gasteiger partial charge in [-0.05, 0) is 37.3 Å². The van der Waals surface area contributed by atoms with E-state index < -0.39 is 6.10 Å². The fourth-order valence-corrected chi connectivity index (χ4v) is 3.86. The minimum Gasteiger partial charge on any atom is -0.387 e. The van der Waals surface area contributed by atoms with Crippen molar-refractivity contribution in [2.45, 2.75) is 25.5 Å². The number of hydrogen-bond acceptors (Lipinski definition) is 4. The number of benzene rings is 1. The summed E-state index contributed by atoms with van der Waals surface area (Å²) in [7, 11) is 1.99. The summed E-state index contributed by atoms with van der Waals surface area (Å²) in [6, 6.07) is 8.21. The van der Waals surface area contributed by atoms with E-state index in [1.54, 1.807) is 0 Å². The van der Waals surface area contributed by atoms with Crippen LogP contribution in [0, 0.1) is 6.92 Å². The summed E-state index contributed by atoms with van der Waals surface area (Å²) in [4.78, 5) is 14.1. The zero-order chi connectivity index (χ0) is 15.2. The molecule has 4 nitrogen and oxygen atoms in total. The molecule has 1 aromatic carbocycles. The highest BCUT2D eigenvalue weighted by Crippen LogP contribution is 2.21. The van der Waals surface area contributed by atoms with Gasteiger partial charge in [0, 0.05) is 18.3 Å². The average Bonchev–Trinajstić information content (AvgIpc) is 2.99. The first-order valence-electron chi connectivity index (χ1n) is 7.36. The second kappa shape index (κ2) is 7.82. The number of nitrogens with one attached hydrogen (secondary N) is 1. The zero-order valence-corrected chi connectivity index (χ0v) is 13.5. The van der Waals surface area contributed by atoms with E-state index in [4.69, 9.17) is 0 Å². The van der Waals surface area contributed by atoms with E-state index in [1.165, 1.54) is 5.75 Å². The zero-order valence-electron chi connectivity index (χ0n) is 12.7. The summed E-state index contributed by atoms with van der Waals surface area (Å²) in [5, 5.41) is 13.0. The van der Waals surface area contributed by atoms with Crippen molar-refractivity contribution >= 4 is 17.7 Å². The van der Waals surface area contributed by atoms with Gasteiger partial charge in [-0.2, -0.15) is 11.8 Å². The molecule has 0 bridgehead atoms. The molecule has 1 heterocycles. The maximum atomic E-state index is 12.0. The molecule has 1 amide bonds. The molecule has 0 spiro atoms. The highest BCUT2D eigenvalue weighted by molar-refractivity contribution is 7.99. The van der Waals surface area contributed by atoms with Gasteiger partial charge in [0.2, 0.25) is 5.91 Å². The van der Waals surface area contributed by atoms with Crippen molar-refractivity contribution in [2.24, 2.45) is 0 Å². The Balaban J connectivity index is 1.77. The number of aliphatic hydroxyl groups excluding tert-OH is 1. The fourth-order valence-electron chi connectivity index (χ4n) is 2.56. The topological polar surface area (TPSA) is 52.6 Å². The van der Waals surface area contributed by atoms with E-state index in [2.05, 4.69) is 10.2 Å². The van der Waals surface area contributed by atoms with Crippen LogP contribution in [0.1, 0.15) is 23.7 Å². The van der Waals surface area contributed by atoms with Crippen molar-refractivity contribution in [1.29, 1.82) is 0 Å². The molecule has 1 aliphatic rings. The number of hydrogen-bond donors (Lipinski definition) is 2. The smallest absolute Gasteiger partial charge is 0.234 e. The van der Waals surface area contributed by atoms with Crippen LogP contribution in [0.2, 0.25) is 0 Å². The molecule has 0 radical (unpaired) electrons. The first-order chi connectivity index (χ1) is 10.1. The SMILES string of the molecule is Cc1ccccc1C(O)CNC(=O)CN(C)C1CCSC1. The molecule has 2 unspecified atom stereocenters. The second-order valence-electron chi connectivity index (χ2n) is 5.61. The van der Waals surface area contributed by atoms with Crippen LogP contribution in [0.5, 0.6) is 0 Å². The van der Waals surface area contributed by atoms with E-state index in [-0.39, 0.29) is 12.5 Å². The van der Waals surface area contributed by atoms with E-state index in [0.29, 0.717) is 12.6 Å². The molecule has 2 rings (SSSR count). The third kappa shape index (κ3) is 4.73. The summed E-state index contributed by atoms with van der Waals surface area (Å²) < 4.78 is 0. The molecule has 1 saturated heterocycles. The standard InChI is InChI=1S/C16H24N2O2S/c1-12-5-3-4-6-14(12)15(19)9-17-16(20)10-18(2)13-7-8-21-11-13/h3-6,13,15,19H,7-11H2,1-2H3,(H,17,20). The highest BCUT2D eigenvalue weighted by Gasteiger charge is 2.21. The van der Waals surface area contributed by atoms with Gasteiger partial charge in [0.1, 0.15) is 0 Å². The normalized spacial score (nSPS) is 19.7. The lowest BCUT2D eigenvalue weighted by atomic mass is 10.0. The van der Waals surface area contributed by atoms with Crippen molar-refractivity contribution < 1.29 is 9.90 Å². The average molecular weight is 308 g/mol. The molecule has 2 N–H and O–H groups in total. The van der Waals surface area contributed by atoms with Gasteiger partial charge in [0.25, 0.3) is 0 Å². The number of likely N-dealkylation sites (N-methyl/N-ethyl adjacent to an activating group) is 1. The summed E-state index contributed by atoms with van der Waals surface area (Å²) in [5.74, 6) is 2.26. The molecule has 5 heteroatoms. The third-order valence-corrected chi connectivity index (χ3v) is 5.11. The van der Waals surface area contributed by atoms with E-state index in [9.17, 15) is 9.90 Å². The maximum Gasteiger partial charge on any atom is 0.234 e. The first-order valence-corrected chi connectivity index (χ1v) is 8.51. The Kier molecular flexibility index (Phi) is 6.08. The quantitative estimate of drug-likeness (QED) is 0.838. The lowest BCUT2D eigenvalue weighted by molar-refractivity contribution is -0.122. The molecule has 0 aromatic heterocycles. The lowest BCUT2D eigenvalue weighted by Gasteiger charge is -2.23. The number of nitrogens with zero attached hydrogens (tertiary/aromatic N) is 1. The Bertz CT molecular complexity index is 475. The number of aliphatic hydroxyl groups is 1.